The van der Waals surface area contributed by atoms with Crippen molar-refractivity contribution >= 4 is 10.9 Å². The van der Waals surface area contributed by atoms with E-state index in [2.05, 4.69) is 4.98 Å². The molecule has 0 bridgehead atoms. The minimum absolute atomic E-state index is 0.487. The molecule has 0 aliphatic heterocycles. The van der Waals surface area contributed by atoms with Crippen LogP contribution in [0.25, 0.3) is 10.9 Å². The summed E-state index contributed by atoms with van der Waals surface area (Å²) in [7, 11) is 1.66. The van der Waals surface area contributed by atoms with E-state index in [9.17, 15) is 0 Å². The summed E-state index contributed by atoms with van der Waals surface area (Å²) < 4.78 is 5.16. The minimum atomic E-state index is -0.489. The van der Waals surface area contributed by atoms with Crippen molar-refractivity contribution in [2.75, 3.05) is 13.7 Å². The van der Waals surface area contributed by atoms with Crippen LogP contribution in [0.4, 0.5) is 0 Å². The first-order valence-corrected chi connectivity index (χ1v) is 5.27. The fraction of sp³-hybridized carbons (Fsp3) is 0.308. The van der Waals surface area contributed by atoms with Crippen LogP contribution in [-0.2, 0) is 10.3 Å². The highest BCUT2D eigenvalue weighted by molar-refractivity contribution is 5.83. The molecule has 2 rings (SSSR count). The highest BCUT2D eigenvalue weighted by Gasteiger charge is 2.23. The molecule has 1 unspecified atom stereocenters. The van der Waals surface area contributed by atoms with Gasteiger partial charge in [-0.2, -0.15) is 0 Å². The van der Waals surface area contributed by atoms with Crippen molar-refractivity contribution in [1.29, 1.82) is 0 Å². The zero-order chi connectivity index (χ0) is 11.6. The predicted molar refractivity (Wildman–Crippen MR) is 65.2 cm³/mol. The molecule has 0 radical (unpaired) electrons. The largest absolute Gasteiger partial charge is 0.382 e. The summed E-state index contributed by atoms with van der Waals surface area (Å²) in [5.41, 5.74) is 7.81. The van der Waals surface area contributed by atoms with Gasteiger partial charge in [0.15, 0.2) is 0 Å². The van der Waals surface area contributed by atoms with Crippen molar-refractivity contribution in [2.24, 2.45) is 5.73 Å². The highest BCUT2D eigenvalue weighted by Crippen LogP contribution is 2.25. The van der Waals surface area contributed by atoms with Crippen LogP contribution in [0, 0.1) is 0 Å². The molecule has 0 aliphatic rings. The molecule has 0 amide bonds. The van der Waals surface area contributed by atoms with Crippen LogP contribution in [0.3, 0.4) is 0 Å². The number of rotatable bonds is 3. The molecule has 1 aromatic heterocycles. The third-order valence-electron chi connectivity index (χ3n) is 2.71. The van der Waals surface area contributed by atoms with Crippen molar-refractivity contribution in [3.05, 3.63) is 42.1 Å². The van der Waals surface area contributed by atoms with Gasteiger partial charge in [-0.25, -0.2) is 0 Å². The SMILES string of the molecule is COCC(C)(N)c1cccc2ncccc12. The van der Waals surface area contributed by atoms with Crippen molar-refractivity contribution < 1.29 is 4.74 Å². The Kier molecular flexibility index (Phi) is 2.90. The number of fused-ring (bicyclic) bond motifs is 1. The molecule has 1 atom stereocenters. The third kappa shape index (κ3) is 1.92. The second-order valence-corrected chi connectivity index (χ2v) is 4.23. The quantitative estimate of drug-likeness (QED) is 0.854. The third-order valence-corrected chi connectivity index (χ3v) is 2.71. The van der Waals surface area contributed by atoms with E-state index in [1.807, 2.05) is 37.3 Å². The Morgan fingerprint density at radius 1 is 1.31 bits per heavy atom. The lowest BCUT2D eigenvalue weighted by Gasteiger charge is -2.25. The Morgan fingerprint density at radius 3 is 2.88 bits per heavy atom. The second kappa shape index (κ2) is 4.20. The average molecular weight is 216 g/mol. The Labute approximate surface area is 95.2 Å². The number of nitrogens with two attached hydrogens (primary N) is 1. The zero-order valence-electron chi connectivity index (χ0n) is 9.60. The maximum Gasteiger partial charge on any atom is 0.0705 e. The fourth-order valence-electron chi connectivity index (χ4n) is 1.98. The molecule has 0 saturated carbocycles. The average Bonchev–Trinajstić information content (AvgIpc) is 2.28. The second-order valence-electron chi connectivity index (χ2n) is 4.23. The van der Waals surface area contributed by atoms with E-state index >= 15 is 0 Å². The smallest absolute Gasteiger partial charge is 0.0705 e. The van der Waals surface area contributed by atoms with Crippen LogP contribution >= 0.6 is 0 Å². The number of nitrogens with zero attached hydrogens (tertiary/aromatic N) is 1. The van der Waals surface area contributed by atoms with Gasteiger partial charge in [-0.3, -0.25) is 4.98 Å². The van der Waals surface area contributed by atoms with Gasteiger partial charge >= 0.3 is 0 Å². The fourth-order valence-corrected chi connectivity index (χ4v) is 1.98. The van der Waals surface area contributed by atoms with Crippen LogP contribution in [0.2, 0.25) is 0 Å². The van der Waals surface area contributed by atoms with Crippen LogP contribution in [0.5, 0.6) is 0 Å². The molecule has 1 aromatic carbocycles. The van der Waals surface area contributed by atoms with Gasteiger partial charge in [-0.05, 0) is 24.6 Å². The first kappa shape index (κ1) is 11.0. The molecular weight excluding hydrogens is 200 g/mol. The van der Waals surface area contributed by atoms with E-state index in [4.69, 9.17) is 10.5 Å². The topological polar surface area (TPSA) is 48.1 Å². The van der Waals surface area contributed by atoms with Gasteiger partial charge in [0.2, 0.25) is 0 Å². The maximum atomic E-state index is 6.26. The number of aromatic nitrogens is 1. The lowest BCUT2D eigenvalue weighted by atomic mass is 9.91. The Morgan fingerprint density at radius 2 is 2.12 bits per heavy atom. The number of hydrogen-bond donors (Lipinski definition) is 1. The Balaban J connectivity index is 2.60. The Hall–Kier alpha value is -1.45. The molecule has 84 valence electrons. The van der Waals surface area contributed by atoms with E-state index in [0.29, 0.717) is 6.61 Å². The summed E-state index contributed by atoms with van der Waals surface area (Å²) in [6.07, 6.45) is 1.79. The van der Waals surface area contributed by atoms with Crippen LogP contribution in [-0.4, -0.2) is 18.7 Å². The van der Waals surface area contributed by atoms with E-state index in [0.717, 1.165) is 16.5 Å². The standard InChI is InChI=1S/C13H16N2O/c1-13(14,9-16-2)11-6-3-7-12-10(11)5-4-8-15-12/h3-8H,9,14H2,1-2H3. The molecule has 0 fully saturated rings. The molecule has 0 aliphatic carbocycles. The summed E-state index contributed by atoms with van der Waals surface area (Å²) >= 11 is 0. The minimum Gasteiger partial charge on any atom is -0.382 e. The summed E-state index contributed by atoms with van der Waals surface area (Å²) in [4.78, 5) is 4.32. The number of pyridine rings is 1. The van der Waals surface area contributed by atoms with Crippen molar-refractivity contribution in [3.8, 4) is 0 Å². The van der Waals surface area contributed by atoms with Crippen molar-refractivity contribution in [3.63, 3.8) is 0 Å². The van der Waals surface area contributed by atoms with Crippen LogP contribution in [0.15, 0.2) is 36.5 Å². The number of hydrogen-bond acceptors (Lipinski definition) is 3. The lowest BCUT2D eigenvalue weighted by Crippen LogP contribution is -2.38. The van der Waals surface area contributed by atoms with E-state index in [1.54, 1.807) is 13.3 Å². The van der Waals surface area contributed by atoms with Gasteiger partial charge in [0.05, 0.1) is 17.7 Å². The summed E-state index contributed by atoms with van der Waals surface area (Å²) in [5.74, 6) is 0. The van der Waals surface area contributed by atoms with Gasteiger partial charge in [0, 0.05) is 18.7 Å². The molecule has 0 saturated heterocycles. The van der Waals surface area contributed by atoms with E-state index in [1.165, 1.54) is 0 Å². The van der Waals surface area contributed by atoms with Gasteiger partial charge in [0.1, 0.15) is 0 Å². The predicted octanol–water partition coefficient (Wildman–Crippen LogP) is 2.06. The summed E-state index contributed by atoms with van der Waals surface area (Å²) in [6.45, 7) is 2.46. The molecule has 3 nitrogen and oxygen atoms in total. The van der Waals surface area contributed by atoms with Crippen molar-refractivity contribution in [1.82, 2.24) is 4.98 Å². The summed E-state index contributed by atoms with van der Waals surface area (Å²) in [6, 6.07) is 9.96. The molecule has 1 heterocycles. The molecule has 2 aromatic rings. The van der Waals surface area contributed by atoms with Crippen LogP contribution < -0.4 is 5.73 Å². The number of benzene rings is 1. The number of ether oxygens (including phenoxy) is 1. The lowest BCUT2D eigenvalue weighted by molar-refractivity contribution is 0.141. The Bertz CT molecular complexity index is 489. The van der Waals surface area contributed by atoms with Gasteiger partial charge in [0.25, 0.3) is 0 Å². The number of methoxy groups -OCH3 is 1. The van der Waals surface area contributed by atoms with Gasteiger partial charge < -0.3 is 10.5 Å². The molecule has 0 spiro atoms. The molecule has 16 heavy (non-hydrogen) atoms. The monoisotopic (exact) mass is 216 g/mol. The van der Waals surface area contributed by atoms with Gasteiger partial charge in [-0.1, -0.05) is 18.2 Å². The first-order valence-electron chi connectivity index (χ1n) is 5.27. The highest BCUT2D eigenvalue weighted by atomic mass is 16.5. The molecule has 3 heteroatoms. The molecular formula is C13H16N2O. The van der Waals surface area contributed by atoms with Gasteiger partial charge in [-0.15, -0.1) is 0 Å². The van der Waals surface area contributed by atoms with E-state index < -0.39 is 5.54 Å². The normalized spacial score (nSPS) is 14.9. The summed E-state index contributed by atoms with van der Waals surface area (Å²) in [5, 5.41) is 1.09. The van der Waals surface area contributed by atoms with E-state index in [-0.39, 0.29) is 0 Å². The van der Waals surface area contributed by atoms with Crippen LogP contribution in [0.1, 0.15) is 12.5 Å². The maximum absolute atomic E-state index is 6.26. The molecule has 2 N–H and O–H groups in total. The first-order chi connectivity index (χ1) is 7.65. The zero-order valence-corrected chi connectivity index (χ0v) is 9.60. The van der Waals surface area contributed by atoms with Crippen molar-refractivity contribution in [2.45, 2.75) is 12.5 Å².